The number of nitrogens with zero attached hydrogens (tertiary/aromatic N) is 1. The molecule has 3 heteroatoms. The number of hydrogen-bond donors (Lipinski definition) is 0. The molecule has 0 unspecified atom stereocenters. The summed E-state index contributed by atoms with van der Waals surface area (Å²) in [7, 11) is 0. The van der Waals surface area contributed by atoms with E-state index < -0.39 is 0 Å². The zero-order chi connectivity index (χ0) is 14.1. The Morgan fingerprint density at radius 2 is 1.85 bits per heavy atom. The first-order valence-electron chi connectivity index (χ1n) is 6.74. The predicted octanol–water partition coefficient (Wildman–Crippen LogP) is 5.38. The van der Waals surface area contributed by atoms with E-state index in [1.54, 1.807) is 12.1 Å². The van der Waals surface area contributed by atoms with Gasteiger partial charge in [-0.15, -0.1) is 0 Å². The van der Waals surface area contributed by atoms with Crippen LogP contribution >= 0.6 is 11.6 Å². The van der Waals surface area contributed by atoms with Gasteiger partial charge in [-0.2, -0.15) is 0 Å². The molecule has 102 valence electrons. The van der Waals surface area contributed by atoms with E-state index in [2.05, 4.69) is 25.1 Å². The molecule has 1 nitrogen and oxygen atoms in total. The average Bonchev–Trinajstić information content (AvgIpc) is 2.77. The van der Waals surface area contributed by atoms with E-state index in [0.717, 1.165) is 34.5 Å². The highest BCUT2D eigenvalue weighted by Crippen LogP contribution is 2.29. The lowest BCUT2D eigenvalue weighted by molar-refractivity contribution is 0.627. The molecule has 0 aliphatic heterocycles. The summed E-state index contributed by atoms with van der Waals surface area (Å²) in [6, 6.07) is 12.8. The molecule has 0 atom stereocenters. The van der Waals surface area contributed by atoms with Crippen LogP contribution in [0, 0.1) is 5.82 Å². The van der Waals surface area contributed by atoms with Gasteiger partial charge in [0, 0.05) is 17.3 Å². The quantitative estimate of drug-likeness (QED) is 0.610. The summed E-state index contributed by atoms with van der Waals surface area (Å²) in [6.45, 7) is 2.16. The fourth-order valence-corrected chi connectivity index (χ4v) is 2.75. The van der Waals surface area contributed by atoms with Gasteiger partial charge in [-0.3, -0.25) is 0 Å². The number of aromatic nitrogens is 1. The lowest BCUT2D eigenvalue weighted by Gasteiger charge is -2.06. The fraction of sp³-hybridized carbons (Fsp3) is 0.176. The topological polar surface area (TPSA) is 4.93 Å². The number of fused-ring (bicyclic) bond motifs is 1. The second-order valence-corrected chi connectivity index (χ2v) is 5.33. The van der Waals surface area contributed by atoms with Crippen molar-refractivity contribution >= 4 is 22.5 Å². The molecule has 0 aliphatic rings. The Hall–Kier alpha value is -1.80. The molecule has 20 heavy (non-hydrogen) atoms. The summed E-state index contributed by atoms with van der Waals surface area (Å²) in [4.78, 5) is 0. The van der Waals surface area contributed by atoms with E-state index in [1.165, 1.54) is 17.7 Å². The summed E-state index contributed by atoms with van der Waals surface area (Å²) in [5.41, 5.74) is 3.24. The summed E-state index contributed by atoms with van der Waals surface area (Å²) in [5.74, 6) is -0.235. The third kappa shape index (κ3) is 2.32. The molecule has 0 radical (unpaired) electrons. The van der Waals surface area contributed by atoms with Crippen LogP contribution in [0.2, 0.25) is 5.02 Å². The molecular formula is C17H15ClFN. The van der Waals surface area contributed by atoms with Crippen molar-refractivity contribution in [2.24, 2.45) is 0 Å². The van der Waals surface area contributed by atoms with Gasteiger partial charge in [0.2, 0.25) is 0 Å². The molecule has 1 heterocycles. The van der Waals surface area contributed by atoms with Crippen molar-refractivity contribution in [2.75, 3.05) is 0 Å². The Balaban J connectivity index is 2.15. The molecule has 1 aromatic heterocycles. The number of hydrogen-bond acceptors (Lipinski definition) is 0. The molecule has 3 aromatic rings. The van der Waals surface area contributed by atoms with E-state index in [4.69, 9.17) is 11.6 Å². The standard InChI is InChI=1S/C17H15ClFN/c1-2-3-12-4-9-17-15(10-12)16(18)11-20(17)14-7-5-13(19)6-8-14/h4-11H,2-3H2,1H3. The first kappa shape index (κ1) is 13.2. The van der Waals surface area contributed by atoms with E-state index in [0.29, 0.717) is 0 Å². The molecule has 2 aromatic carbocycles. The van der Waals surface area contributed by atoms with E-state index in [9.17, 15) is 4.39 Å². The van der Waals surface area contributed by atoms with Crippen molar-refractivity contribution in [3.8, 4) is 5.69 Å². The number of aryl methyl sites for hydroxylation is 1. The minimum absolute atomic E-state index is 0.235. The van der Waals surface area contributed by atoms with Gasteiger partial charge in [-0.05, 0) is 48.4 Å². The van der Waals surface area contributed by atoms with Crippen molar-refractivity contribution in [3.63, 3.8) is 0 Å². The first-order chi connectivity index (χ1) is 9.69. The monoisotopic (exact) mass is 287 g/mol. The van der Waals surface area contributed by atoms with Crippen LogP contribution in [0.4, 0.5) is 4.39 Å². The molecular weight excluding hydrogens is 273 g/mol. The Labute approximate surface area is 122 Å². The summed E-state index contributed by atoms with van der Waals surface area (Å²) >= 11 is 6.34. The predicted molar refractivity (Wildman–Crippen MR) is 82.2 cm³/mol. The van der Waals surface area contributed by atoms with Crippen molar-refractivity contribution in [2.45, 2.75) is 19.8 Å². The van der Waals surface area contributed by atoms with Crippen molar-refractivity contribution < 1.29 is 4.39 Å². The van der Waals surface area contributed by atoms with Crippen LogP contribution < -0.4 is 0 Å². The van der Waals surface area contributed by atoms with E-state index in [-0.39, 0.29) is 5.82 Å². The summed E-state index contributed by atoms with van der Waals surface area (Å²) in [5, 5.41) is 1.77. The Kier molecular flexibility index (Phi) is 3.49. The molecule has 0 N–H and O–H groups in total. The van der Waals surface area contributed by atoms with Crippen molar-refractivity contribution in [1.82, 2.24) is 4.57 Å². The van der Waals surface area contributed by atoms with Gasteiger partial charge in [-0.1, -0.05) is 31.0 Å². The third-order valence-electron chi connectivity index (χ3n) is 3.46. The number of halogens is 2. The number of benzene rings is 2. The normalized spacial score (nSPS) is 11.2. The van der Waals surface area contributed by atoms with Crippen LogP contribution in [-0.4, -0.2) is 4.57 Å². The van der Waals surface area contributed by atoms with Gasteiger partial charge >= 0.3 is 0 Å². The Morgan fingerprint density at radius 1 is 1.10 bits per heavy atom. The van der Waals surface area contributed by atoms with Crippen molar-refractivity contribution in [3.05, 3.63) is 65.1 Å². The maximum atomic E-state index is 13.0. The molecule has 0 amide bonds. The second-order valence-electron chi connectivity index (χ2n) is 4.92. The maximum Gasteiger partial charge on any atom is 0.123 e. The molecule has 0 saturated heterocycles. The molecule has 0 bridgehead atoms. The fourth-order valence-electron chi connectivity index (χ4n) is 2.50. The molecule has 0 fully saturated rings. The minimum Gasteiger partial charge on any atom is -0.315 e. The second kappa shape index (κ2) is 5.29. The number of rotatable bonds is 3. The largest absolute Gasteiger partial charge is 0.315 e. The molecule has 0 aliphatic carbocycles. The smallest absolute Gasteiger partial charge is 0.123 e. The zero-order valence-corrected chi connectivity index (χ0v) is 12.0. The van der Waals surface area contributed by atoms with Gasteiger partial charge < -0.3 is 4.57 Å². The summed E-state index contributed by atoms with van der Waals surface area (Å²) in [6.07, 6.45) is 4.05. The first-order valence-corrected chi connectivity index (χ1v) is 7.12. The maximum absolute atomic E-state index is 13.0. The van der Waals surface area contributed by atoms with Gasteiger partial charge in [0.1, 0.15) is 5.82 Å². The zero-order valence-electron chi connectivity index (χ0n) is 11.2. The molecule has 3 rings (SSSR count). The highest BCUT2D eigenvalue weighted by molar-refractivity contribution is 6.35. The highest BCUT2D eigenvalue weighted by atomic mass is 35.5. The van der Waals surface area contributed by atoms with Crippen LogP contribution in [0.1, 0.15) is 18.9 Å². The molecule has 0 spiro atoms. The van der Waals surface area contributed by atoms with Crippen molar-refractivity contribution in [1.29, 1.82) is 0 Å². The van der Waals surface area contributed by atoms with E-state index >= 15 is 0 Å². The molecule has 0 saturated carbocycles. The highest BCUT2D eigenvalue weighted by Gasteiger charge is 2.09. The van der Waals surface area contributed by atoms with E-state index in [1.807, 2.05) is 10.8 Å². The van der Waals surface area contributed by atoms with Crippen LogP contribution in [0.25, 0.3) is 16.6 Å². The van der Waals surface area contributed by atoms with Crippen LogP contribution in [0.3, 0.4) is 0 Å². The SMILES string of the molecule is CCCc1ccc2c(c1)c(Cl)cn2-c1ccc(F)cc1. The van der Waals surface area contributed by atoms with Crippen LogP contribution in [0.5, 0.6) is 0 Å². The third-order valence-corrected chi connectivity index (χ3v) is 3.76. The van der Waals surface area contributed by atoms with Gasteiger partial charge in [-0.25, -0.2) is 4.39 Å². The summed E-state index contributed by atoms with van der Waals surface area (Å²) < 4.78 is 15.0. The van der Waals surface area contributed by atoms with Gasteiger partial charge in [0.05, 0.1) is 10.5 Å². The minimum atomic E-state index is -0.235. The Bertz CT molecular complexity index is 744. The average molecular weight is 288 g/mol. The van der Waals surface area contributed by atoms with Gasteiger partial charge in [0.15, 0.2) is 0 Å². The Morgan fingerprint density at radius 3 is 2.55 bits per heavy atom. The lowest BCUT2D eigenvalue weighted by atomic mass is 10.1. The lowest BCUT2D eigenvalue weighted by Crippen LogP contribution is -1.92. The van der Waals surface area contributed by atoms with Crippen LogP contribution in [0.15, 0.2) is 48.7 Å². The van der Waals surface area contributed by atoms with Crippen LogP contribution in [-0.2, 0) is 6.42 Å². The van der Waals surface area contributed by atoms with Gasteiger partial charge in [0.25, 0.3) is 0 Å².